The maximum absolute atomic E-state index is 12.4. The topological polar surface area (TPSA) is 59.3 Å². The number of rotatable bonds is 5. The molecule has 21 heavy (non-hydrogen) atoms. The first-order chi connectivity index (χ1) is 10.0. The first-order valence-electron chi connectivity index (χ1n) is 6.62. The summed E-state index contributed by atoms with van der Waals surface area (Å²) in [4.78, 5) is 12.4. The lowest BCUT2D eigenvalue weighted by molar-refractivity contribution is -0.129. The van der Waals surface area contributed by atoms with Gasteiger partial charge in [-0.25, -0.2) is 0 Å². The second kappa shape index (κ2) is 6.64. The SMILES string of the molecule is CC1CCOC1C(=O)C(C#N)c1ccc(OC(F)F)cc1. The van der Waals surface area contributed by atoms with Gasteiger partial charge in [-0.1, -0.05) is 19.1 Å². The molecule has 0 radical (unpaired) electrons. The molecule has 1 aromatic rings. The number of nitriles is 1. The molecule has 0 spiro atoms. The van der Waals surface area contributed by atoms with Crippen molar-refractivity contribution in [1.82, 2.24) is 0 Å². The van der Waals surface area contributed by atoms with E-state index >= 15 is 0 Å². The van der Waals surface area contributed by atoms with E-state index in [1.807, 2.05) is 13.0 Å². The zero-order chi connectivity index (χ0) is 15.4. The van der Waals surface area contributed by atoms with Crippen LogP contribution in [-0.2, 0) is 9.53 Å². The summed E-state index contributed by atoms with van der Waals surface area (Å²) < 4.78 is 33.8. The lowest BCUT2D eigenvalue weighted by Crippen LogP contribution is -2.29. The van der Waals surface area contributed by atoms with Crippen molar-refractivity contribution in [1.29, 1.82) is 5.26 Å². The summed E-state index contributed by atoms with van der Waals surface area (Å²) in [5.41, 5.74) is 0.451. The minimum absolute atomic E-state index is 0.0108. The minimum atomic E-state index is -2.91. The molecule has 0 aliphatic carbocycles. The second-order valence-corrected chi connectivity index (χ2v) is 4.97. The highest BCUT2D eigenvalue weighted by molar-refractivity contribution is 5.92. The van der Waals surface area contributed by atoms with Crippen LogP contribution >= 0.6 is 0 Å². The van der Waals surface area contributed by atoms with E-state index in [4.69, 9.17) is 4.74 Å². The summed E-state index contributed by atoms with van der Waals surface area (Å²) in [6.45, 7) is -0.488. The molecule has 1 aliphatic rings. The summed E-state index contributed by atoms with van der Waals surface area (Å²) in [6.07, 6.45) is 0.210. The van der Waals surface area contributed by atoms with Crippen molar-refractivity contribution >= 4 is 5.78 Å². The van der Waals surface area contributed by atoms with Gasteiger partial charge in [-0.3, -0.25) is 4.79 Å². The molecule has 0 amide bonds. The Kier molecular flexibility index (Phi) is 4.86. The molecule has 2 rings (SSSR count). The van der Waals surface area contributed by atoms with Gasteiger partial charge in [0.15, 0.2) is 5.78 Å². The number of hydrogen-bond acceptors (Lipinski definition) is 4. The fourth-order valence-electron chi connectivity index (χ4n) is 2.37. The van der Waals surface area contributed by atoms with Gasteiger partial charge in [0.05, 0.1) is 6.07 Å². The van der Waals surface area contributed by atoms with E-state index in [-0.39, 0.29) is 17.5 Å². The standard InChI is InChI=1S/C15H15F2NO3/c1-9-6-7-20-14(9)13(19)12(8-18)10-2-4-11(5-3-10)21-15(16)17/h2-5,9,12,14-15H,6-7H2,1H3. The van der Waals surface area contributed by atoms with E-state index in [1.54, 1.807) is 0 Å². The van der Waals surface area contributed by atoms with Crippen molar-refractivity contribution in [3.8, 4) is 11.8 Å². The third kappa shape index (κ3) is 3.56. The lowest BCUT2D eigenvalue weighted by Gasteiger charge is -2.17. The molecule has 1 aromatic carbocycles. The van der Waals surface area contributed by atoms with Gasteiger partial charge >= 0.3 is 6.61 Å². The fourth-order valence-corrected chi connectivity index (χ4v) is 2.37. The van der Waals surface area contributed by atoms with Gasteiger partial charge < -0.3 is 9.47 Å². The molecule has 3 atom stereocenters. The van der Waals surface area contributed by atoms with Gasteiger partial charge in [-0.05, 0) is 30.0 Å². The van der Waals surface area contributed by atoms with Crippen LogP contribution in [0.25, 0.3) is 0 Å². The Labute approximate surface area is 121 Å². The Morgan fingerprint density at radius 3 is 2.57 bits per heavy atom. The summed E-state index contributed by atoms with van der Waals surface area (Å²) in [6, 6.07) is 7.49. The number of ether oxygens (including phenoxy) is 2. The quantitative estimate of drug-likeness (QED) is 0.838. The number of alkyl halides is 2. The molecule has 0 aromatic heterocycles. The molecule has 1 heterocycles. The van der Waals surface area contributed by atoms with E-state index in [0.717, 1.165) is 6.42 Å². The molecule has 1 fully saturated rings. The predicted octanol–water partition coefficient (Wildman–Crippen LogP) is 2.89. The molecule has 0 bridgehead atoms. The Hall–Kier alpha value is -2.00. The highest BCUT2D eigenvalue weighted by atomic mass is 19.3. The average Bonchev–Trinajstić information content (AvgIpc) is 2.87. The number of benzene rings is 1. The molecule has 0 N–H and O–H groups in total. The first kappa shape index (κ1) is 15.4. The number of carbonyl (C=O) groups is 1. The van der Waals surface area contributed by atoms with E-state index < -0.39 is 18.6 Å². The van der Waals surface area contributed by atoms with Crippen LogP contribution in [0.3, 0.4) is 0 Å². The Morgan fingerprint density at radius 2 is 2.10 bits per heavy atom. The molecular formula is C15H15F2NO3. The van der Waals surface area contributed by atoms with Crippen molar-refractivity contribution in [3.05, 3.63) is 29.8 Å². The monoisotopic (exact) mass is 295 g/mol. The van der Waals surface area contributed by atoms with E-state index in [1.165, 1.54) is 24.3 Å². The molecular weight excluding hydrogens is 280 g/mol. The number of nitrogens with zero attached hydrogens (tertiary/aromatic N) is 1. The number of carbonyl (C=O) groups excluding carboxylic acids is 1. The highest BCUT2D eigenvalue weighted by Crippen LogP contribution is 2.28. The molecule has 1 aliphatic heterocycles. The van der Waals surface area contributed by atoms with E-state index in [0.29, 0.717) is 12.2 Å². The van der Waals surface area contributed by atoms with Gasteiger partial charge in [-0.2, -0.15) is 14.0 Å². The molecule has 112 valence electrons. The predicted molar refractivity (Wildman–Crippen MR) is 70.0 cm³/mol. The summed E-state index contributed by atoms with van der Waals surface area (Å²) in [7, 11) is 0. The molecule has 1 saturated heterocycles. The second-order valence-electron chi connectivity index (χ2n) is 4.97. The van der Waals surface area contributed by atoms with Crippen molar-refractivity contribution in [2.24, 2.45) is 5.92 Å². The maximum Gasteiger partial charge on any atom is 0.387 e. The third-order valence-electron chi connectivity index (χ3n) is 3.52. The summed E-state index contributed by atoms with van der Waals surface area (Å²) in [5, 5.41) is 9.23. The third-order valence-corrected chi connectivity index (χ3v) is 3.52. The fraction of sp³-hybridized carbons (Fsp3) is 0.467. The smallest absolute Gasteiger partial charge is 0.387 e. The number of hydrogen-bond donors (Lipinski definition) is 0. The van der Waals surface area contributed by atoms with Crippen LogP contribution in [0.2, 0.25) is 0 Å². The van der Waals surface area contributed by atoms with Crippen LogP contribution < -0.4 is 4.74 Å². The number of ketones is 1. The zero-order valence-corrected chi connectivity index (χ0v) is 11.5. The van der Waals surface area contributed by atoms with Crippen molar-refractivity contribution in [3.63, 3.8) is 0 Å². The normalized spacial score (nSPS) is 22.8. The molecule has 3 unspecified atom stereocenters. The highest BCUT2D eigenvalue weighted by Gasteiger charge is 2.36. The summed E-state index contributed by atoms with van der Waals surface area (Å²) in [5.74, 6) is -1.18. The largest absolute Gasteiger partial charge is 0.435 e. The van der Waals surface area contributed by atoms with Crippen LogP contribution in [0.15, 0.2) is 24.3 Å². The lowest BCUT2D eigenvalue weighted by atomic mass is 9.88. The van der Waals surface area contributed by atoms with Crippen LogP contribution in [0.1, 0.15) is 24.8 Å². The Balaban J connectivity index is 2.14. The van der Waals surface area contributed by atoms with Crippen LogP contribution in [0, 0.1) is 17.2 Å². The van der Waals surface area contributed by atoms with Crippen LogP contribution in [-0.4, -0.2) is 25.1 Å². The van der Waals surface area contributed by atoms with Gasteiger partial charge in [0, 0.05) is 6.61 Å². The Morgan fingerprint density at radius 1 is 1.43 bits per heavy atom. The van der Waals surface area contributed by atoms with Crippen molar-refractivity contribution < 1.29 is 23.0 Å². The number of halogens is 2. The van der Waals surface area contributed by atoms with Crippen molar-refractivity contribution in [2.45, 2.75) is 32.0 Å². The van der Waals surface area contributed by atoms with Crippen molar-refractivity contribution in [2.75, 3.05) is 6.61 Å². The van der Waals surface area contributed by atoms with Gasteiger partial charge in [0.2, 0.25) is 0 Å². The average molecular weight is 295 g/mol. The van der Waals surface area contributed by atoms with Gasteiger partial charge in [0.25, 0.3) is 0 Å². The zero-order valence-electron chi connectivity index (χ0n) is 11.5. The van der Waals surface area contributed by atoms with Gasteiger partial charge in [0.1, 0.15) is 17.8 Å². The number of Topliss-reactive ketones (excluding diaryl/α,β-unsaturated/α-hetero) is 1. The van der Waals surface area contributed by atoms with Gasteiger partial charge in [-0.15, -0.1) is 0 Å². The Bertz CT molecular complexity index is 539. The molecule has 0 saturated carbocycles. The van der Waals surface area contributed by atoms with E-state index in [9.17, 15) is 18.8 Å². The molecule has 6 heteroatoms. The van der Waals surface area contributed by atoms with Crippen LogP contribution in [0.4, 0.5) is 8.78 Å². The van der Waals surface area contributed by atoms with E-state index in [2.05, 4.69) is 4.74 Å². The maximum atomic E-state index is 12.4. The molecule has 4 nitrogen and oxygen atoms in total. The van der Waals surface area contributed by atoms with Crippen LogP contribution in [0.5, 0.6) is 5.75 Å². The first-order valence-corrected chi connectivity index (χ1v) is 6.62. The minimum Gasteiger partial charge on any atom is -0.435 e. The summed E-state index contributed by atoms with van der Waals surface area (Å²) >= 11 is 0.